The van der Waals surface area contributed by atoms with Crippen LogP contribution in [0.1, 0.15) is 16.8 Å². The van der Waals surface area contributed by atoms with Crippen LogP contribution in [0.15, 0.2) is 23.2 Å². The highest BCUT2D eigenvalue weighted by Crippen LogP contribution is 2.22. The molecule has 0 amide bonds. The average Bonchev–Trinajstić information content (AvgIpc) is 2.77. The maximum atomic E-state index is 13.3. The molecular formula is C13H17FN4O2S. The number of aromatic amines is 1. The minimum Gasteiger partial charge on any atom is -0.316 e. The van der Waals surface area contributed by atoms with Gasteiger partial charge in [-0.05, 0) is 38.6 Å². The Morgan fingerprint density at radius 2 is 2.05 bits per heavy atom. The number of benzene rings is 1. The molecule has 0 saturated heterocycles. The van der Waals surface area contributed by atoms with Gasteiger partial charge in [0, 0.05) is 17.8 Å². The summed E-state index contributed by atoms with van der Waals surface area (Å²) in [6.45, 7) is 3.80. The van der Waals surface area contributed by atoms with E-state index in [9.17, 15) is 12.8 Å². The lowest BCUT2D eigenvalue weighted by atomic mass is 10.2. The molecule has 0 saturated carbocycles. The Morgan fingerprint density at radius 3 is 2.71 bits per heavy atom. The van der Waals surface area contributed by atoms with E-state index in [1.165, 1.54) is 12.1 Å². The van der Waals surface area contributed by atoms with Crippen molar-refractivity contribution in [3.05, 3.63) is 40.8 Å². The molecule has 114 valence electrons. The highest BCUT2D eigenvalue weighted by atomic mass is 32.2. The fraction of sp³-hybridized carbons (Fsp3) is 0.308. The number of halogens is 1. The monoisotopic (exact) mass is 312 g/mol. The first-order valence-corrected chi connectivity index (χ1v) is 7.81. The van der Waals surface area contributed by atoms with Crippen molar-refractivity contribution in [3.8, 4) is 0 Å². The molecule has 0 aliphatic rings. The number of H-pyrrole nitrogens is 1. The number of aryl methyl sites for hydroxylation is 2. The maximum Gasteiger partial charge on any atom is 0.281 e. The molecule has 0 radical (unpaired) electrons. The summed E-state index contributed by atoms with van der Waals surface area (Å²) >= 11 is 0. The number of anilines is 1. The van der Waals surface area contributed by atoms with E-state index in [1.807, 2.05) is 0 Å². The molecule has 0 aliphatic heterocycles. The molecule has 8 heteroatoms. The van der Waals surface area contributed by atoms with Crippen LogP contribution in [-0.4, -0.2) is 25.7 Å². The lowest BCUT2D eigenvalue weighted by molar-refractivity contribution is 0.594. The van der Waals surface area contributed by atoms with Crippen LogP contribution in [0.4, 0.5) is 10.1 Å². The van der Waals surface area contributed by atoms with Crippen LogP contribution < -0.4 is 10.0 Å². The van der Waals surface area contributed by atoms with Gasteiger partial charge in [0.05, 0.1) is 5.69 Å². The predicted molar refractivity (Wildman–Crippen MR) is 78.0 cm³/mol. The molecule has 21 heavy (non-hydrogen) atoms. The Kier molecular flexibility index (Phi) is 4.29. The molecule has 0 aliphatic carbocycles. The second kappa shape index (κ2) is 5.82. The average molecular weight is 312 g/mol. The van der Waals surface area contributed by atoms with Gasteiger partial charge < -0.3 is 5.32 Å². The van der Waals surface area contributed by atoms with Crippen LogP contribution >= 0.6 is 0 Å². The molecular weight excluding hydrogens is 295 g/mol. The summed E-state index contributed by atoms with van der Waals surface area (Å²) in [6.07, 6.45) is 0. The van der Waals surface area contributed by atoms with Crippen molar-refractivity contribution < 1.29 is 12.8 Å². The Bertz CT molecular complexity index is 756. The first-order valence-electron chi connectivity index (χ1n) is 6.32. The summed E-state index contributed by atoms with van der Waals surface area (Å²) in [6, 6.07) is 3.93. The SMILES string of the molecule is CNCc1c(S(=O)(=O)Nc2cc(F)ccc2C)n[nH]c1C. The zero-order valence-electron chi connectivity index (χ0n) is 12.0. The van der Waals surface area contributed by atoms with Crippen molar-refractivity contribution in [2.24, 2.45) is 0 Å². The number of nitrogens with one attached hydrogen (secondary N) is 3. The molecule has 1 aromatic carbocycles. The molecule has 0 bridgehead atoms. The number of hydrogen-bond donors (Lipinski definition) is 3. The second-order valence-corrected chi connectivity index (χ2v) is 6.33. The van der Waals surface area contributed by atoms with Crippen molar-refractivity contribution in [1.29, 1.82) is 0 Å². The van der Waals surface area contributed by atoms with Gasteiger partial charge in [0.2, 0.25) is 5.03 Å². The summed E-state index contributed by atoms with van der Waals surface area (Å²) in [5.41, 5.74) is 2.05. The number of rotatable bonds is 5. The summed E-state index contributed by atoms with van der Waals surface area (Å²) in [5, 5.41) is 9.31. The highest BCUT2D eigenvalue weighted by Gasteiger charge is 2.24. The van der Waals surface area contributed by atoms with Crippen LogP contribution in [-0.2, 0) is 16.6 Å². The topological polar surface area (TPSA) is 86.9 Å². The smallest absolute Gasteiger partial charge is 0.281 e. The van der Waals surface area contributed by atoms with E-state index < -0.39 is 15.8 Å². The Balaban J connectivity index is 2.41. The van der Waals surface area contributed by atoms with Crippen LogP contribution in [0.2, 0.25) is 0 Å². The third-order valence-electron chi connectivity index (χ3n) is 3.09. The minimum absolute atomic E-state index is 0.0852. The Morgan fingerprint density at radius 1 is 1.33 bits per heavy atom. The largest absolute Gasteiger partial charge is 0.316 e. The number of aromatic nitrogens is 2. The van der Waals surface area contributed by atoms with Gasteiger partial charge in [0.25, 0.3) is 10.0 Å². The minimum atomic E-state index is -3.88. The third-order valence-corrected chi connectivity index (χ3v) is 4.42. The third kappa shape index (κ3) is 3.22. The van der Waals surface area contributed by atoms with E-state index in [0.717, 1.165) is 6.07 Å². The van der Waals surface area contributed by atoms with Crippen molar-refractivity contribution in [3.63, 3.8) is 0 Å². The molecule has 0 fully saturated rings. The van der Waals surface area contributed by atoms with Crippen LogP contribution in [0, 0.1) is 19.7 Å². The standard InChI is InChI=1S/C13H17FN4O2S/c1-8-4-5-10(14)6-12(8)18-21(19,20)13-11(7-15-3)9(2)16-17-13/h4-6,15,18H,7H2,1-3H3,(H,16,17). The molecule has 0 unspecified atom stereocenters. The highest BCUT2D eigenvalue weighted by molar-refractivity contribution is 7.92. The Hall–Kier alpha value is -1.93. The first kappa shape index (κ1) is 15.5. The van der Waals surface area contributed by atoms with E-state index in [-0.39, 0.29) is 10.7 Å². The van der Waals surface area contributed by atoms with Crippen LogP contribution in [0.5, 0.6) is 0 Å². The molecule has 2 rings (SSSR count). The van der Waals surface area contributed by atoms with E-state index in [1.54, 1.807) is 20.9 Å². The first-order chi connectivity index (χ1) is 9.85. The van der Waals surface area contributed by atoms with Gasteiger partial charge in [-0.15, -0.1) is 0 Å². The molecule has 6 nitrogen and oxygen atoms in total. The van der Waals surface area contributed by atoms with Crippen molar-refractivity contribution in [2.75, 3.05) is 11.8 Å². The van der Waals surface area contributed by atoms with E-state index in [2.05, 4.69) is 20.2 Å². The zero-order chi connectivity index (χ0) is 15.6. The molecule has 1 aromatic heterocycles. The fourth-order valence-electron chi connectivity index (χ4n) is 1.93. The van der Waals surface area contributed by atoms with Crippen molar-refractivity contribution >= 4 is 15.7 Å². The fourth-order valence-corrected chi connectivity index (χ4v) is 3.26. The second-order valence-electron chi connectivity index (χ2n) is 4.73. The van der Waals surface area contributed by atoms with Gasteiger partial charge in [0.15, 0.2) is 0 Å². The molecule has 1 heterocycles. The van der Waals surface area contributed by atoms with E-state index in [0.29, 0.717) is 23.4 Å². The molecule has 0 spiro atoms. The maximum absolute atomic E-state index is 13.3. The predicted octanol–water partition coefficient (Wildman–Crippen LogP) is 1.69. The van der Waals surface area contributed by atoms with E-state index in [4.69, 9.17) is 0 Å². The zero-order valence-corrected chi connectivity index (χ0v) is 12.8. The van der Waals surface area contributed by atoms with Crippen molar-refractivity contribution in [1.82, 2.24) is 15.5 Å². The van der Waals surface area contributed by atoms with Gasteiger partial charge in [-0.2, -0.15) is 13.5 Å². The summed E-state index contributed by atoms with van der Waals surface area (Å²) in [7, 11) is -2.17. The van der Waals surface area contributed by atoms with Gasteiger partial charge in [-0.3, -0.25) is 9.82 Å². The lowest BCUT2D eigenvalue weighted by Gasteiger charge is -2.10. The number of hydrogen-bond acceptors (Lipinski definition) is 4. The van der Waals surface area contributed by atoms with E-state index >= 15 is 0 Å². The normalized spacial score (nSPS) is 11.6. The quantitative estimate of drug-likeness (QED) is 0.784. The molecule has 0 atom stereocenters. The molecule has 3 N–H and O–H groups in total. The summed E-state index contributed by atoms with van der Waals surface area (Å²) in [4.78, 5) is 0. The van der Waals surface area contributed by atoms with Gasteiger partial charge in [-0.1, -0.05) is 6.07 Å². The lowest BCUT2D eigenvalue weighted by Crippen LogP contribution is -2.18. The number of sulfonamides is 1. The van der Waals surface area contributed by atoms with Gasteiger partial charge in [0.1, 0.15) is 5.82 Å². The molecule has 2 aromatic rings. The van der Waals surface area contributed by atoms with Gasteiger partial charge in [-0.25, -0.2) is 4.39 Å². The summed E-state index contributed by atoms with van der Waals surface area (Å²) < 4.78 is 40.5. The van der Waals surface area contributed by atoms with Crippen LogP contribution in [0.25, 0.3) is 0 Å². The summed E-state index contributed by atoms with van der Waals surface area (Å²) in [5.74, 6) is -0.507. The van der Waals surface area contributed by atoms with Crippen LogP contribution in [0.3, 0.4) is 0 Å². The Labute approximate surface area is 122 Å². The number of nitrogens with zero attached hydrogens (tertiary/aromatic N) is 1. The van der Waals surface area contributed by atoms with Gasteiger partial charge >= 0.3 is 0 Å². The van der Waals surface area contributed by atoms with Crippen molar-refractivity contribution in [2.45, 2.75) is 25.4 Å².